The topological polar surface area (TPSA) is 40.8 Å². The number of hydrogen-bond donors (Lipinski definition) is 0. The van der Waals surface area contributed by atoms with Crippen LogP contribution >= 0.6 is 0 Å². The van der Waals surface area contributed by atoms with Crippen molar-refractivity contribution in [3.05, 3.63) is 41.6 Å². The second-order valence-corrected chi connectivity index (χ2v) is 7.63. The van der Waals surface area contributed by atoms with Gasteiger partial charge in [-0.05, 0) is 42.7 Å². The van der Waals surface area contributed by atoms with Crippen molar-refractivity contribution in [3.63, 3.8) is 0 Å². The minimum absolute atomic E-state index is 0. The molecule has 0 bridgehead atoms. The number of aryl methyl sites for hydroxylation is 3. The number of methoxy groups -OCH3 is 2. The fraction of sp³-hybridized carbons (Fsp3) is 0.375. The number of unbranched alkanes of at least 4 members (excludes halogenated alkanes) is 1. The minimum atomic E-state index is 0. The molecule has 1 aromatic heterocycles. The van der Waals surface area contributed by atoms with E-state index in [1.807, 2.05) is 6.07 Å². The van der Waals surface area contributed by atoms with E-state index >= 15 is 0 Å². The van der Waals surface area contributed by atoms with Crippen LogP contribution < -0.4 is 47.5 Å². The maximum atomic E-state index is 5.76. The maximum Gasteiger partial charge on any atom is 0.231 e. The highest BCUT2D eigenvalue weighted by atomic mass is 127. The highest BCUT2D eigenvalue weighted by molar-refractivity contribution is 5.95. The molecule has 6 heteroatoms. The fourth-order valence-electron chi connectivity index (χ4n) is 4.62. The van der Waals surface area contributed by atoms with E-state index in [9.17, 15) is 0 Å². The number of ether oxygens (including phenoxy) is 4. The molecule has 0 atom stereocenters. The lowest BCUT2D eigenvalue weighted by Gasteiger charge is -2.21. The van der Waals surface area contributed by atoms with Crippen LogP contribution in [0.4, 0.5) is 0 Å². The van der Waals surface area contributed by atoms with Gasteiger partial charge in [-0.2, -0.15) is 4.57 Å². The second-order valence-electron chi connectivity index (χ2n) is 7.63. The first kappa shape index (κ1) is 21.0. The summed E-state index contributed by atoms with van der Waals surface area (Å²) in [5.41, 5.74) is 5.23. The predicted molar refractivity (Wildman–Crippen MR) is 111 cm³/mol. The molecule has 0 saturated heterocycles. The zero-order chi connectivity index (χ0) is 20.0. The van der Waals surface area contributed by atoms with Gasteiger partial charge in [0.1, 0.15) is 0 Å². The van der Waals surface area contributed by atoms with Gasteiger partial charge in [-0.3, -0.25) is 0 Å². The lowest BCUT2D eigenvalue weighted by atomic mass is 9.89. The van der Waals surface area contributed by atoms with Gasteiger partial charge in [-0.25, -0.2) is 0 Å². The smallest absolute Gasteiger partial charge is 0.231 e. The van der Waals surface area contributed by atoms with Crippen molar-refractivity contribution in [2.45, 2.75) is 39.2 Å². The molecule has 0 unspecified atom stereocenters. The molecule has 2 aromatic carbocycles. The third kappa shape index (κ3) is 3.25. The van der Waals surface area contributed by atoms with E-state index in [1.165, 1.54) is 27.8 Å². The van der Waals surface area contributed by atoms with Crippen molar-refractivity contribution in [3.8, 4) is 34.3 Å². The number of rotatable bonds is 5. The summed E-state index contributed by atoms with van der Waals surface area (Å²) in [6.07, 6.45) is 6.49. The molecule has 0 fully saturated rings. The first-order valence-electron chi connectivity index (χ1n) is 10.3. The summed E-state index contributed by atoms with van der Waals surface area (Å²) in [5.74, 6) is 3.27. The quantitative estimate of drug-likeness (QED) is 0.378. The van der Waals surface area contributed by atoms with Crippen molar-refractivity contribution < 1.29 is 47.5 Å². The first-order chi connectivity index (χ1) is 14.2. The van der Waals surface area contributed by atoms with Crippen LogP contribution in [0, 0.1) is 0 Å². The van der Waals surface area contributed by atoms with E-state index in [4.69, 9.17) is 18.9 Å². The summed E-state index contributed by atoms with van der Waals surface area (Å²) < 4.78 is 25.0. The summed E-state index contributed by atoms with van der Waals surface area (Å²) in [5, 5.41) is 2.33. The fourth-order valence-corrected chi connectivity index (χ4v) is 4.62. The first-order valence-corrected chi connectivity index (χ1v) is 10.3. The Hall–Kier alpha value is -2.22. The normalized spacial score (nSPS) is 13.4. The highest BCUT2D eigenvalue weighted by Crippen LogP contribution is 2.43. The molecule has 2 aliphatic heterocycles. The van der Waals surface area contributed by atoms with Crippen molar-refractivity contribution in [2.24, 2.45) is 0 Å². The van der Waals surface area contributed by atoms with Crippen LogP contribution in [0.1, 0.15) is 30.9 Å². The molecule has 5 rings (SSSR count). The molecule has 0 amide bonds. The molecule has 30 heavy (non-hydrogen) atoms. The van der Waals surface area contributed by atoms with Gasteiger partial charge < -0.3 is 42.9 Å². The SMILES string of the molecule is CCCCc1c2[n+](cc3c(OC)c(OC)ccc13)CCc1cc3c(cc1-2)OCO3.[I-]. The lowest BCUT2D eigenvalue weighted by molar-refractivity contribution is -0.686. The molecule has 5 nitrogen and oxygen atoms in total. The van der Waals surface area contributed by atoms with Crippen LogP contribution in [0.2, 0.25) is 0 Å². The molecular weight excluding hydrogens is 493 g/mol. The number of benzene rings is 2. The summed E-state index contributed by atoms with van der Waals surface area (Å²) in [6, 6.07) is 8.50. The van der Waals surface area contributed by atoms with Crippen LogP contribution in [0.3, 0.4) is 0 Å². The van der Waals surface area contributed by atoms with Crippen LogP contribution in [-0.4, -0.2) is 21.0 Å². The van der Waals surface area contributed by atoms with Gasteiger partial charge in [-0.1, -0.05) is 13.3 Å². The number of pyridine rings is 1. The molecule has 0 saturated carbocycles. The Bertz CT molecular complexity index is 1110. The van der Waals surface area contributed by atoms with Crippen molar-refractivity contribution in [1.82, 2.24) is 0 Å². The molecule has 3 heterocycles. The number of hydrogen-bond acceptors (Lipinski definition) is 4. The Balaban J connectivity index is 0.00000218. The largest absolute Gasteiger partial charge is 1.00 e. The Morgan fingerprint density at radius 2 is 1.83 bits per heavy atom. The predicted octanol–water partition coefficient (Wildman–Crippen LogP) is 1.44. The summed E-state index contributed by atoms with van der Waals surface area (Å²) in [6.45, 7) is 3.47. The average Bonchev–Trinajstić information content (AvgIpc) is 3.21. The summed E-state index contributed by atoms with van der Waals surface area (Å²) in [7, 11) is 3.40. The molecule has 0 aliphatic carbocycles. The van der Waals surface area contributed by atoms with Gasteiger partial charge in [0.25, 0.3) is 0 Å². The van der Waals surface area contributed by atoms with E-state index in [2.05, 4.69) is 35.9 Å². The zero-order valence-electron chi connectivity index (χ0n) is 17.6. The second kappa shape index (κ2) is 8.49. The standard InChI is InChI=1S/C24H26NO4.HI/c1-4-5-6-17-16-7-8-20(26-2)24(27-3)19(16)13-25-10-9-15-11-21-22(29-14-28-21)12-18(15)23(17)25;/h7-8,11-13H,4-6,9-10,14H2,1-3H3;1H/q+1;/p-1. The van der Waals surface area contributed by atoms with E-state index in [0.29, 0.717) is 6.79 Å². The number of halogens is 1. The Kier molecular flexibility index (Phi) is 5.95. The summed E-state index contributed by atoms with van der Waals surface area (Å²) >= 11 is 0. The highest BCUT2D eigenvalue weighted by Gasteiger charge is 2.32. The molecule has 3 aromatic rings. The van der Waals surface area contributed by atoms with Gasteiger partial charge >= 0.3 is 0 Å². The molecule has 158 valence electrons. The lowest BCUT2D eigenvalue weighted by Crippen LogP contribution is -3.00. The third-order valence-corrected chi connectivity index (χ3v) is 6.02. The number of fused-ring (bicyclic) bond motifs is 5. The van der Waals surface area contributed by atoms with E-state index in [0.717, 1.165) is 60.6 Å². The number of nitrogens with zero attached hydrogens (tertiary/aromatic N) is 1. The van der Waals surface area contributed by atoms with Gasteiger partial charge in [0, 0.05) is 17.4 Å². The van der Waals surface area contributed by atoms with E-state index < -0.39 is 0 Å². The molecule has 2 aliphatic rings. The minimum Gasteiger partial charge on any atom is -1.00 e. The molecule has 0 spiro atoms. The van der Waals surface area contributed by atoms with Crippen molar-refractivity contribution in [1.29, 1.82) is 0 Å². The number of aromatic nitrogens is 1. The average molecular weight is 519 g/mol. The van der Waals surface area contributed by atoms with Gasteiger partial charge in [0.15, 0.2) is 35.7 Å². The molecule has 0 N–H and O–H groups in total. The van der Waals surface area contributed by atoms with Gasteiger partial charge in [0.05, 0.1) is 25.2 Å². The molecular formula is C24H26INO4. The van der Waals surface area contributed by atoms with Crippen LogP contribution in [0.25, 0.3) is 22.0 Å². The Morgan fingerprint density at radius 1 is 1.03 bits per heavy atom. The van der Waals surface area contributed by atoms with Crippen LogP contribution in [0.5, 0.6) is 23.0 Å². The van der Waals surface area contributed by atoms with Crippen molar-refractivity contribution >= 4 is 10.8 Å². The monoisotopic (exact) mass is 519 g/mol. The Labute approximate surface area is 193 Å². The third-order valence-electron chi connectivity index (χ3n) is 6.02. The van der Waals surface area contributed by atoms with E-state index in [-0.39, 0.29) is 24.0 Å². The molecule has 0 radical (unpaired) electrons. The Morgan fingerprint density at radius 3 is 2.57 bits per heavy atom. The van der Waals surface area contributed by atoms with Gasteiger partial charge in [-0.15, -0.1) is 0 Å². The maximum absolute atomic E-state index is 5.76. The summed E-state index contributed by atoms with van der Waals surface area (Å²) in [4.78, 5) is 0. The van der Waals surface area contributed by atoms with Crippen LogP contribution in [-0.2, 0) is 19.4 Å². The zero-order valence-corrected chi connectivity index (χ0v) is 19.7. The van der Waals surface area contributed by atoms with Crippen molar-refractivity contribution in [2.75, 3.05) is 21.0 Å². The van der Waals surface area contributed by atoms with Crippen LogP contribution in [0.15, 0.2) is 30.5 Å². The van der Waals surface area contributed by atoms with Gasteiger partial charge in [0.2, 0.25) is 12.5 Å². The van der Waals surface area contributed by atoms with E-state index in [1.54, 1.807) is 14.2 Å².